The van der Waals surface area contributed by atoms with Gasteiger partial charge >= 0.3 is 0 Å². The predicted octanol–water partition coefficient (Wildman–Crippen LogP) is 6.12. The Balaban J connectivity index is 1.86. The van der Waals surface area contributed by atoms with Gasteiger partial charge in [0.2, 0.25) is 5.88 Å². The number of rotatable bonds is 6. The zero-order valence-corrected chi connectivity index (χ0v) is 18.1. The molecule has 4 aromatic rings. The molecule has 0 radical (unpaired) electrons. The number of hydrogen-bond acceptors (Lipinski definition) is 6. The van der Waals surface area contributed by atoms with Crippen molar-refractivity contribution in [3.05, 3.63) is 89.5 Å². The number of benzene rings is 3. The minimum atomic E-state index is 0.200. The lowest BCUT2D eigenvalue weighted by atomic mass is 9.98. The Bertz CT molecular complexity index is 1390. The fourth-order valence-electron chi connectivity index (χ4n) is 3.39. The first-order valence-electron chi connectivity index (χ1n) is 10.1. The van der Waals surface area contributed by atoms with E-state index in [1.54, 1.807) is 44.7 Å². The zero-order chi connectivity index (χ0) is 23.2. The summed E-state index contributed by atoms with van der Waals surface area (Å²) in [4.78, 5) is 4.46. The molecule has 0 unspecified atom stereocenters. The molecule has 0 saturated heterocycles. The first-order chi connectivity index (χ1) is 16.2. The number of aliphatic imine (C=N–C) groups is 1. The van der Waals surface area contributed by atoms with Gasteiger partial charge in [-0.3, -0.25) is 0 Å². The lowest BCUT2D eigenvalue weighted by Crippen LogP contribution is -1.87. The largest absolute Gasteiger partial charge is 0.497 e. The number of methoxy groups -OCH3 is 2. The van der Waals surface area contributed by atoms with Gasteiger partial charge < -0.3 is 13.9 Å². The quantitative estimate of drug-likeness (QED) is 0.341. The third-order valence-electron chi connectivity index (χ3n) is 5.08. The van der Waals surface area contributed by atoms with Crippen molar-refractivity contribution in [3.8, 4) is 46.1 Å². The van der Waals surface area contributed by atoms with Crippen LogP contribution in [-0.4, -0.2) is 20.4 Å². The van der Waals surface area contributed by atoms with Crippen LogP contribution in [0.15, 0.2) is 82.2 Å². The van der Waals surface area contributed by atoms with E-state index in [0.29, 0.717) is 33.9 Å². The minimum Gasteiger partial charge on any atom is -0.497 e. The van der Waals surface area contributed by atoms with Gasteiger partial charge in [0.1, 0.15) is 28.9 Å². The monoisotopic (exact) mass is 433 g/mol. The fraction of sp³-hybridized carbons (Fsp3) is 0.0741. The van der Waals surface area contributed by atoms with Crippen molar-refractivity contribution in [1.29, 1.82) is 10.5 Å². The van der Waals surface area contributed by atoms with Crippen LogP contribution in [0.3, 0.4) is 0 Å². The second-order valence-corrected chi connectivity index (χ2v) is 7.05. The second-order valence-electron chi connectivity index (χ2n) is 7.05. The summed E-state index contributed by atoms with van der Waals surface area (Å²) in [6, 6.07) is 26.2. The highest BCUT2D eigenvalue weighted by atomic mass is 16.5. The van der Waals surface area contributed by atoms with Gasteiger partial charge in [-0.2, -0.15) is 10.5 Å². The van der Waals surface area contributed by atoms with Crippen LogP contribution in [0.4, 0.5) is 5.88 Å². The number of furan rings is 1. The maximum atomic E-state index is 10.0. The Morgan fingerprint density at radius 3 is 2.18 bits per heavy atom. The molecule has 3 aromatic carbocycles. The van der Waals surface area contributed by atoms with Crippen molar-refractivity contribution in [2.75, 3.05) is 14.2 Å². The molecule has 1 aromatic heterocycles. The number of nitrogens with zero attached hydrogens (tertiary/aromatic N) is 3. The molecule has 0 amide bonds. The van der Waals surface area contributed by atoms with E-state index < -0.39 is 0 Å². The van der Waals surface area contributed by atoms with Crippen molar-refractivity contribution in [1.82, 2.24) is 0 Å². The third-order valence-corrected chi connectivity index (χ3v) is 5.08. The van der Waals surface area contributed by atoms with Crippen LogP contribution in [0, 0.1) is 22.7 Å². The molecule has 0 atom stereocenters. The lowest BCUT2D eigenvalue weighted by Gasteiger charge is -2.07. The smallest absolute Gasteiger partial charge is 0.238 e. The first kappa shape index (κ1) is 21.4. The topological polar surface area (TPSA) is 91.5 Å². The van der Waals surface area contributed by atoms with Gasteiger partial charge in [0, 0.05) is 17.3 Å². The molecule has 0 saturated carbocycles. The van der Waals surface area contributed by atoms with Crippen molar-refractivity contribution in [2.45, 2.75) is 0 Å². The summed E-state index contributed by atoms with van der Waals surface area (Å²) in [5.74, 6) is 2.11. The molecule has 0 fully saturated rings. The minimum absolute atomic E-state index is 0.200. The van der Waals surface area contributed by atoms with Gasteiger partial charge in [-0.05, 0) is 59.7 Å². The highest BCUT2D eigenvalue weighted by Gasteiger charge is 2.23. The van der Waals surface area contributed by atoms with Gasteiger partial charge in [-0.25, -0.2) is 4.99 Å². The molecular weight excluding hydrogens is 414 g/mol. The molecule has 6 nitrogen and oxygen atoms in total. The third kappa shape index (κ3) is 4.46. The van der Waals surface area contributed by atoms with Gasteiger partial charge in [0.05, 0.1) is 25.9 Å². The van der Waals surface area contributed by atoms with Crippen molar-refractivity contribution < 1.29 is 13.9 Å². The van der Waals surface area contributed by atoms with E-state index in [4.69, 9.17) is 19.2 Å². The van der Waals surface area contributed by atoms with Gasteiger partial charge in [0.25, 0.3) is 0 Å². The molecule has 0 N–H and O–H groups in total. The summed E-state index contributed by atoms with van der Waals surface area (Å²) in [7, 11) is 3.20. The number of hydrogen-bond donors (Lipinski definition) is 0. The predicted molar refractivity (Wildman–Crippen MR) is 126 cm³/mol. The highest BCUT2D eigenvalue weighted by Crippen LogP contribution is 2.43. The van der Waals surface area contributed by atoms with Crippen molar-refractivity contribution in [2.24, 2.45) is 4.99 Å². The first-order valence-corrected chi connectivity index (χ1v) is 10.1. The molecule has 1 heterocycles. The Kier molecular flexibility index (Phi) is 6.20. The van der Waals surface area contributed by atoms with Crippen LogP contribution in [0.25, 0.3) is 22.5 Å². The molecule has 160 valence electrons. The molecule has 0 bridgehead atoms. The second kappa shape index (κ2) is 9.55. The zero-order valence-electron chi connectivity index (χ0n) is 18.1. The number of nitriles is 2. The standard InChI is InChI=1S/C27H19N3O3/c1-31-22-12-10-20(11-13-22)26-25(21-4-3-5-23(14-21)32-2)24(16-29)27(33-26)30-17-19-8-6-18(15-28)7-9-19/h3-14,17H,1-2H3. The van der Waals surface area contributed by atoms with Crippen molar-refractivity contribution in [3.63, 3.8) is 0 Å². The number of ether oxygens (including phenoxy) is 2. The summed E-state index contributed by atoms with van der Waals surface area (Å²) >= 11 is 0. The van der Waals surface area contributed by atoms with Gasteiger partial charge in [0.15, 0.2) is 0 Å². The average Bonchev–Trinajstić information content (AvgIpc) is 3.26. The SMILES string of the molecule is COc1ccc(-c2oc(N=Cc3ccc(C#N)cc3)c(C#N)c2-c2cccc(OC)c2)cc1. The Morgan fingerprint density at radius 1 is 0.818 bits per heavy atom. The highest BCUT2D eigenvalue weighted by molar-refractivity contribution is 5.90. The van der Waals surface area contributed by atoms with Crippen LogP contribution in [-0.2, 0) is 0 Å². The summed E-state index contributed by atoms with van der Waals surface area (Å²) in [5, 5.41) is 19.0. The molecule has 0 aliphatic rings. The van der Waals surface area contributed by atoms with Crippen molar-refractivity contribution >= 4 is 12.1 Å². The summed E-state index contributed by atoms with van der Waals surface area (Å²) in [6.07, 6.45) is 1.61. The molecule has 0 spiro atoms. The van der Waals surface area contributed by atoms with E-state index in [0.717, 1.165) is 16.7 Å². The maximum absolute atomic E-state index is 10.0. The van der Waals surface area contributed by atoms with Crippen LogP contribution < -0.4 is 9.47 Å². The van der Waals surface area contributed by atoms with Crippen LogP contribution in [0.5, 0.6) is 11.5 Å². The molecular formula is C27H19N3O3. The lowest BCUT2D eigenvalue weighted by molar-refractivity contribution is 0.415. The van der Waals surface area contributed by atoms with Gasteiger partial charge in [-0.1, -0.05) is 24.3 Å². The van der Waals surface area contributed by atoms with E-state index >= 15 is 0 Å². The van der Waals surface area contributed by atoms with Crippen LogP contribution in [0.1, 0.15) is 16.7 Å². The molecule has 0 aliphatic heterocycles. The normalized spacial score (nSPS) is 10.5. The van der Waals surface area contributed by atoms with E-state index in [1.807, 2.05) is 48.5 Å². The van der Waals surface area contributed by atoms with E-state index in [2.05, 4.69) is 17.1 Å². The molecule has 33 heavy (non-hydrogen) atoms. The summed E-state index contributed by atoms with van der Waals surface area (Å²) < 4.78 is 16.8. The average molecular weight is 433 g/mol. The fourth-order valence-corrected chi connectivity index (χ4v) is 3.39. The van der Waals surface area contributed by atoms with E-state index in [-0.39, 0.29) is 5.88 Å². The van der Waals surface area contributed by atoms with Crippen LogP contribution in [0.2, 0.25) is 0 Å². The molecule has 0 aliphatic carbocycles. The van der Waals surface area contributed by atoms with E-state index in [1.165, 1.54) is 0 Å². The van der Waals surface area contributed by atoms with E-state index in [9.17, 15) is 5.26 Å². The molecule has 4 rings (SSSR count). The Hall–Kier alpha value is -4.81. The van der Waals surface area contributed by atoms with Crippen LogP contribution >= 0.6 is 0 Å². The summed E-state index contributed by atoms with van der Waals surface area (Å²) in [5.41, 5.74) is 3.85. The Labute approximate surface area is 191 Å². The maximum Gasteiger partial charge on any atom is 0.238 e. The summed E-state index contributed by atoms with van der Waals surface area (Å²) in [6.45, 7) is 0. The van der Waals surface area contributed by atoms with Gasteiger partial charge in [-0.15, -0.1) is 0 Å². The Morgan fingerprint density at radius 2 is 1.55 bits per heavy atom. The molecule has 6 heteroatoms.